The lowest BCUT2D eigenvalue weighted by atomic mass is 10.4. The molecule has 0 aromatic rings. The van der Waals surface area contributed by atoms with Gasteiger partial charge in [0.25, 0.3) is 0 Å². The van der Waals surface area contributed by atoms with E-state index in [1.54, 1.807) is 0 Å². The summed E-state index contributed by atoms with van der Waals surface area (Å²) in [6, 6.07) is 0. The molecule has 1 aliphatic heterocycles. The van der Waals surface area contributed by atoms with E-state index in [0.717, 1.165) is 0 Å². The minimum absolute atomic E-state index is 0.0599. The minimum atomic E-state index is -5.08. The third-order valence-corrected chi connectivity index (χ3v) is 1.28. The molecule has 2 atom stereocenters. The number of hydroxylamine groups is 2. The third kappa shape index (κ3) is 1.08. The van der Waals surface area contributed by atoms with Crippen LogP contribution in [0.25, 0.3) is 0 Å². The maximum absolute atomic E-state index is 12.2. The zero-order valence-electron chi connectivity index (χ0n) is 5.42. The van der Waals surface area contributed by atoms with E-state index < -0.39 is 22.5 Å². The Bertz CT molecular complexity index is 217. The molecular weight excluding hydrogens is 187 g/mol. The zero-order chi connectivity index (χ0) is 9.57. The molecule has 0 bridgehead atoms. The van der Waals surface area contributed by atoms with Crippen molar-refractivity contribution in [3.8, 4) is 0 Å². The fourth-order valence-electron chi connectivity index (χ4n) is 0.626. The predicted molar refractivity (Wildman–Crippen MR) is 26.7 cm³/mol. The Morgan fingerprint density at radius 1 is 1.50 bits per heavy atom. The highest BCUT2D eigenvalue weighted by molar-refractivity contribution is 4.87. The maximum atomic E-state index is 12.2. The summed E-state index contributed by atoms with van der Waals surface area (Å²) in [6.45, 7) is 0. The van der Waals surface area contributed by atoms with Gasteiger partial charge in [-0.3, -0.25) is 0 Å². The first-order valence-electron chi connectivity index (χ1n) is 2.75. The second-order valence-corrected chi connectivity index (χ2v) is 2.11. The van der Waals surface area contributed by atoms with Crippen molar-refractivity contribution in [1.29, 1.82) is 0 Å². The summed E-state index contributed by atoms with van der Waals surface area (Å²) >= 11 is 0. The van der Waals surface area contributed by atoms with Crippen molar-refractivity contribution < 1.29 is 27.0 Å². The molecule has 1 rings (SSSR count). The highest BCUT2D eigenvalue weighted by Gasteiger charge is 2.61. The van der Waals surface area contributed by atoms with E-state index in [0.29, 0.717) is 0 Å². The lowest BCUT2D eigenvalue weighted by Gasteiger charge is -2.37. The van der Waals surface area contributed by atoms with Gasteiger partial charge >= 0.3 is 6.17 Å². The van der Waals surface area contributed by atoms with Crippen LogP contribution in [0.2, 0.25) is 0 Å². The van der Waals surface area contributed by atoms with Crippen LogP contribution in [-0.2, 0) is 0 Å². The molecule has 70 valence electrons. The second-order valence-electron chi connectivity index (χ2n) is 2.11. The lowest BCUT2D eigenvalue weighted by Crippen LogP contribution is -2.58. The van der Waals surface area contributed by atoms with E-state index in [2.05, 4.69) is 0 Å². The number of quaternary nitrogens is 1. The molecule has 2 unspecified atom stereocenters. The van der Waals surface area contributed by atoms with Gasteiger partial charge in [-0.1, -0.05) is 4.87 Å². The van der Waals surface area contributed by atoms with Crippen LogP contribution < -0.4 is 0 Å². The van der Waals surface area contributed by atoms with E-state index >= 15 is 0 Å². The van der Waals surface area contributed by atoms with Crippen LogP contribution >= 0.6 is 0 Å². The number of hydrogen-bond donors (Lipinski definition) is 0. The van der Waals surface area contributed by atoms with Crippen LogP contribution in [0.3, 0.4) is 0 Å². The van der Waals surface area contributed by atoms with Gasteiger partial charge in [0.05, 0.1) is 0 Å². The van der Waals surface area contributed by atoms with Crippen LogP contribution in [0.1, 0.15) is 0 Å². The van der Waals surface area contributed by atoms with E-state index in [9.17, 15) is 27.3 Å². The molecule has 0 aromatic heterocycles. The first-order chi connectivity index (χ1) is 5.29. The standard InChI is InChI=1S/C4H3F5N2O/c5-3-1-2-11(9,12)4(6,7)10(3)8/h1-3H. The second kappa shape index (κ2) is 2.38. The summed E-state index contributed by atoms with van der Waals surface area (Å²) in [6.07, 6.45) is -8.13. The van der Waals surface area contributed by atoms with Gasteiger partial charge in [-0.25, -0.2) is 4.39 Å². The highest BCUT2D eigenvalue weighted by Crippen LogP contribution is 2.38. The van der Waals surface area contributed by atoms with Crippen molar-refractivity contribution in [3.05, 3.63) is 17.5 Å². The summed E-state index contributed by atoms with van der Waals surface area (Å²) < 4.78 is 60.6. The van der Waals surface area contributed by atoms with Gasteiger partial charge in [-0.2, -0.15) is 0 Å². The Morgan fingerprint density at radius 3 is 2.42 bits per heavy atom. The van der Waals surface area contributed by atoms with Crippen LogP contribution in [0.4, 0.5) is 22.1 Å². The summed E-state index contributed by atoms with van der Waals surface area (Å²) in [7, 11) is 0. The molecule has 8 heteroatoms. The van der Waals surface area contributed by atoms with Gasteiger partial charge < -0.3 is 5.21 Å². The predicted octanol–water partition coefficient (Wildman–Crippen LogP) is 1.75. The zero-order valence-corrected chi connectivity index (χ0v) is 5.42. The number of halogens is 5. The number of nitrogens with zero attached hydrogens (tertiary/aromatic N) is 2. The monoisotopic (exact) mass is 190 g/mol. The quantitative estimate of drug-likeness (QED) is 0.251. The Labute approximate surface area is 63.3 Å². The Morgan fingerprint density at radius 2 is 2.00 bits per heavy atom. The maximum Gasteiger partial charge on any atom is 0.532 e. The van der Waals surface area contributed by atoms with Crippen LogP contribution in [0.15, 0.2) is 12.3 Å². The van der Waals surface area contributed by atoms with Gasteiger partial charge in [-0.05, 0) is 0 Å². The van der Waals surface area contributed by atoms with Gasteiger partial charge in [0.15, 0.2) is 0 Å². The molecule has 0 radical (unpaired) electrons. The van der Waals surface area contributed by atoms with E-state index in [4.69, 9.17) is 0 Å². The fourth-order valence-corrected chi connectivity index (χ4v) is 0.626. The third-order valence-electron chi connectivity index (χ3n) is 1.28. The van der Waals surface area contributed by atoms with Gasteiger partial charge in [-0.15, -0.1) is 13.3 Å². The molecule has 0 fully saturated rings. The van der Waals surface area contributed by atoms with Crippen molar-refractivity contribution in [2.45, 2.75) is 12.5 Å². The van der Waals surface area contributed by atoms with Crippen LogP contribution in [0.5, 0.6) is 0 Å². The average molecular weight is 190 g/mol. The molecule has 0 spiro atoms. The minimum Gasteiger partial charge on any atom is -0.582 e. The molecule has 0 aliphatic carbocycles. The smallest absolute Gasteiger partial charge is 0.532 e. The topological polar surface area (TPSA) is 26.3 Å². The van der Waals surface area contributed by atoms with E-state index in [1.807, 2.05) is 0 Å². The molecule has 0 saturated carbocycles. The molecule has 0 amide bonds. The largest absolute Gasteiger partial charge is 0.582 e. The highest BCUT2D eigenvalue weighted by atomic mass is 19.3. The van der Waals surface area contributed by atoms with E-state index in [1.165, 1.54) is 0 Å². The summed E-state index contributed by atoms with van der Waals surface area (Å²) in [5.41, 5.74) is 0. The summed E-state index contributed by atoms with van der Waals surface area (Å²) in [5, 5.41) is 8.34. The fraction of sp³-hybridized carbons (Fsp3) is 0.500. The van der Waals surface area contributed by atoms with Crippen molar-refractivity contribution in [3.63, 3.8) is 0 Å². The van der Waals surface area contributed by atoms with Crippen LogP contribution in [0, 0.1) is 5.21 Å². The Balaban J connectivity index is 3.05. The van der Waals surface area contributed by atoms with Gasteiger partial charge in [0, 0.05) is 15.7 Å². The average Bonchev–Trinajstić information content (AvgIpc) is 1.96. The SMILES string of the molecule is [O-][N+]1(F)C=CC(F)N(F)C1(F)F. The first kappa shape index (κ1) is 9.36. The van der Waals surface area contributed by atoms with Crippen molar-refractivity contribution in [1.82, 2.24) is 5.12 Å². The summed E-state index contributed by atoms with van der Waals surface area (Å²) in [5.74, 6) is 0. The van der Waals surface area contributed by atoms with Crippen molar-refractivity contribution >= 4 is 0 Å². The molecule has 0 N–H and O–H groups in total. The molecule has 1 aliphatic rings. The number of hydrogen-bond acceptors (Lipinski definition) is 2. The number of alkyl halides is 3. The van der Waals surface area contributed by atoms with Crippen LogP contribution in [-0.4, -0.2) is 22.5 Å². The molecule has 0 aromatic carbocycles. The van der Waals surface area contributed by atoms with Gasteiger partial charge in [0.2, 0.25) is 6.30 Å². The van der Waals surface area contributed by atoms with Crippen molar-refractivity contribution in [2.24, 2.45) is 0 Å². The Kier molecular flexibility index (Phi) is 1.85. The normalized spacial score (nSPS) is 41.7. The van der Waals surface area contributed by atoms with Gasteiger partial charge in [0.1, 0.15) is 6.20 Å². The lowest BCUT2D eigenvalue weighted by molar-refractivity contribution is -1.07. The molecule has 1 heterocycles. The molecule has 3 nitrogen and oxygen atoms in total. The number of rotatable bonds is 0. The van der Waals surface area contributed by atoms with Crippen molar-refractivity contribution in [2.75, 3.05) is 0 Å². The first-order valence-corrected chi connectivity index (χ1v) is 2.75. The molecular formula is C4H3F5N2O. The molecule has 12 heavy (non-hydrogen) atoms. The Hall–Kier alpha value is -0.730. The molecule has 0 saturated heterocycles. The summed E-state index contributed by atoms with van der Waals surface area (Å²) in [4.78, 5) is -3.77. The van der Waals surface area contributed by atoms with E-state index in [-0.39, 0.29) is 12.3 Å².